The zero-order chi connectivity index (χ0) is 18.9. The highest BCUT2D eigenvalue weighted by molar-refractivity contribution is 5.91. The van der Waals surface area contributed by atoms with Gasteiger partial charge in [-0.2, -0.15) is 13.2 Å². The van der Waals surface area contributed by atoms with E-state index >= 15 is 0 Å². The van der Waals surface area contributed by atoms with Gasteiger partial charge in [0.2, 0.25) is 5.91 Å². The summed E-state index contributed by atoms with van der Waals surface area (Å²) in [7, 11) is 1.47. The molecule has 1 amide bonds. The summed E-state index contributed by atoms with van der Waals surface area (Å²) in [6.07, 6.45) is -0.474. The van der Waals surface area contributed by atoms with E-state index in [0.29, 0.717) is 17.6 Å². The molecule has 0 radical (unpaired) electrons. The van der Waals surface area contributed by atoms with Crippen LogP contribution in [0, 0.1) is 5.92 Å². The molecule has 1 aliphatic rings. The predicted molar refractivity (Wildman–Crippen MR) is 92.2 cm³/mol. The lowest BCUT2D eigenvalue weighted by Gasteiger charge is -2.18. The highest BCUT2D eigenvalue weighted by Gasteiger charge is 2.36. The lowest BCUT2D eigenvalue weighted by atomic mass is 10.1. The number of halogens is 3. The summed E-state index contributed by atoms with van der Waals surface area (Å²) in [6, 6.07) is 8.97. The Morgan fingerprint density at radius 3 is 2.62 bits per heavy atom. The minimum atomic E-state index is -4.44. The van der Waals surface area contributed by atoms with Crippen LogP contribution >= 0.6 is 0 Å². The first-order valence-electron chi connectivity index (χ1n) is 8.43. The highest BCUT2D eigenvalue weighted by Crippen LogP contribution is 2.47. The second-order valence-corrected chi connectivity index (χ2v) is 6.74. The molecule has 1 heterocycles. The largest absolute Gasteiger partial charge is 0.461 e. The number of alkyl halides is 3. The van der Waals surface area contributed by atoms with Gasteiger partial charge in [-0.15, -0.1) is 0 Å². The van der Waals surface area contributed by atoms with Gasteiger partial charge in [0.05, 0.1) is 5.56 Å². The number of carbonyl (C=O) groups is 1. The molecule has 3 rings (SSSR count). The van der Waals surface area contributed by atoms with Crippen LogP contribution in [-0.4, -0.2) is 17.9 Å². The molecular weight excluding hydrogens is 343 g/mol. The van der Waals surface area contributed by atoms with Gasteiger partial charge in [-0.3, -0.25) is 4.79 Å². The Hall–Kier alpha value is -2.50. The first-order valence-corrected chi connectivity index (χ1v) is 8.43. The van der Waals surface area contributed by atoms with Crippen LogP contribution in [0.2, 0.25) is 0 Å². The van der Waals surface area contributed by atoms with Crippen molar-refractivity contribution in [2.45, 2.75) is 32.0 Å². The summed E-state index contributed by atoms with van der Waals surface area (Å²) in [5.74, 6) is 2.17. The number of hydrogen-bond donors (Lipinski definition) is 0. The normalized spacial score (nSPS) is 19.7. The Kier molecular flexibility index (Phi) is 4.94. The third kappa shape index (κ3) is 4.18. The molecule has 3 nitrogen and oxygen atoms in total. The van der Waals surface area contributed by atoms with E-state index in [0.717, 1.165) is 18.2 Å². The lowest BCUT2D eigenvalue weighted by molar-refractivity contribution is -0.139. The molecule has 0 bridgehead atoms. The van der Waals surface area contributed by atoms with Crippen molar-refractivity contribution in [2.24, 2.45) is 5.92 Å². The van der Waals surface area contributed by atoms with Gasteiger partial charge in [0.15, 0.2) is 0 Å². The molecule has 0 aliphatic heterocycles. The molecule has 2 aromatic rings. The van der Waals surface area contributed by atoms with Gasteiger partial charge in [0, 0.05) is 25.6 Å². The van der Waals surface area contributed by atoms with Crippen LogP contribution in [0.15, 0.2) is 46.9 Å². The second-order valence-electron chi connectivity index (χ2n) is 6.74. The number of furan rings is 1. The zero-order valence-corrected chi connectivity index (χ0v) is 14.6. The Balaban J connectivity index is 1.64. The van der Waals surface area contributed by atoms with Gasteiger partial charge < -0.3 is 9.32 Å². The molecule has 0 saturated heterocycles. The lowest BCUT2D eigenvalue weighted by Crippen LogP contribution is -2.25. The second kappa shape index (κ2) is 7.02. The average molecular weight is 363 g/mol. The molecule has 0 spiro atoms. The Bertz CT molecular complexity index is 822. The topological polar surface area (TPSA) is 33.5 Å². The Morgan fingerprint density at radius 2 is 1.96 bits per heavy atom. The molecule has 0 N–H and O–H groups in total. The molecule has 6 heteroatoms. The van der Waals surface area contributed by atoms with Crippen LogP contribution in [0.4, 0.5) is 13.2 Å². The van der Waals surface area contributed by atoms with Crippen molar-refractivity contribution in [3.05, 3.63) is 65.1 Å². The SMILES string of the molecule is CC1CC1c1ccc(/C=C/C(=O)N(C)Cc2ccccc2C(F)(F)F)o1. The highest BCUT2D eigenvalue weighted by atomic mass is 19.4. The van der Waals surface area contributed by atoms with Gasteiger partial charge in [-0.25, -0.2) is 0 Å². The standard InChI is InChI=1S/C20H20F3NO2/c1-13-11-16(13)18-9-7-15(26-18)8-10-19(25)24(2)12-14-5-3-4-6-17(14)20(21,22)23/h3-10,13,16H,11-12H2,1-2H3/b10-8+. The predicted octanol–water partition coefficient (Wildman–Crippen LogP) is 5.09. The number of likely N-dealkylation sites (N-methyl/N-ethyl adjacent to an activating group) is 1. The van der Waals surface area contributed by atoms with Crippen molar-refractivity contribution < 1.29 is 22.4 Å². The van der Waals surface area contributed by atoms with Gasteiger partial charge in [0.1, 0.15) is 11.5 Å². The van der Waals surface area contributed by atoms with Crippen molar-refractivity contribution in [1.29, 1.82) is 0 Å². The smallest absolute Gasteiger partial charge is 0.416 e. The fraction of sp³-hybridized carbons (Fsp3) is 0.350. The summed E-state index contributed by atoms with van der Waals surface area (Å²) in [5, 5.41) is 0. The molecule has 1 aliphatic carbocycles. The van der Waals surface area contributed by atoms with E-state index in [4.69, 9.17) is 4.42 Å². The van der Waals surface area contributed by atoms with E-state index in [1.165, 1.54) is 36.2 Å². The number of amides is 1. The summed E-state index contributed by atoms with van der Waals surface area (Å²) in [4.78, 5) is 13.4. The van der Waals surface area contributed by atoms with Crippen molar-refractivity contribution in [1.82, 2.24) is 4.90 Å². The van der Waals surface area contributed by atoms with Gasteiger partial charge >= 0.3 is 6.18 Å². The summed E-state index contributed by atoms with van der Waals surface area (Å²) in [6.45, 7) is 2.03. The fourth-order valence-electron chi connectivity index (χ4n) is 2.92. The number of nitrogens with zero attached hydrogens (tertiary/aromatic N) is 1. The van der Waals surface area contributed by atoms with Crippen molar-refractivity contribution in [3.8, 4) is 0 Å². The molecule has 1 fully saturated rings. The van der Waals surface area contributed by atoms with E-state index in [9.17, 15) is 18.0 Å². The molecule has 138 valence electrons. The van der Waals surface area contributed by atoms with Crippen LogP contribution in [-0.2, 0) is 17.5 Å². The molecule has 1 aromatic carbocycles. The van der Waals surface area contributed by atoms with Crippen molar-refractivity contribution >= 4 is 12.0 Å². The molecule has 2 atom stereocenters. The number of hydrogen-bond acceptors (Lipinski definition) is 2. The third-order valence-electron chi connectivity index (χ3n) is 4.62. The Morgan fingerprint density at radius 1 is 1.27 bits per heavy atom. The van der Waals surface area contributed by atoms with Crippen LogP contribution in [0.1, 0.15) is 41.9 Å². The van der Waals surface area contributed by atoms with Crippen molar-refractivity contribution in [2.75, 3.05) is 7.05 Å². The van der Waals surface area contributed by atoms with Gasteiger partial charge in [0.25, 0.3) is 0 Å². The average Bonchev–Trinajstić information content (AvgIpc) is 3.13. The van der Waals surface area contributed by atoms with Crippen LogP contribution < -0.4 is 0 Å². The van der Waals surface area contributed by atoms with Gasteiger partial charge in [-0.1, -0.05) is 25.1 Å². The van der Waals surface area contributed by atoms with Gasteiger partial charge in [-0.05, 0) is 42.2 Å². The first-order chi connectivity index (χ1) is 12.3. The molecule has 1 aromatic heterocycles. The van der Waals surface area contributed by atoms with E-state index in [1.807, 2.05) is 6.07 Å². The number of benzene rings is 1. The minimum absolute atomic E-state index is 0.0623. The van der Waals surface area contributed by atoms with Crippen molar-refractivity contribution in [3.63, 3.8) is 0 Å². The number of carbonyl (C=O) groups excluding carboxylic acids is 1. The maximum Gasteiger partial charge on any atom is 0.416 e. The fourth-order valence-corrected chi connectivity index (χ4v) is 2.92. The zero-order valence-electron chi connectivity index (χ0n) is 14.6. The van der Waals surface area contributed by atoms with Crippen LogP contribution in [0.25, 0.3) is 6.08 Å². The van der Waals surface area contributed by atoms with E-state index < -0.39 is 11.7 Å². The number of rotatable bonds is 5. The quantitative estimate of drug-likeness (QED) is 0.693. The Labute approximate surface area is 150 Å². The van der Waals surface area contributed by atoms with E-state index in [1.54, 1.807) is 12.1 Å². The summed E-state index contributed by atoms with van der Waals surface area (Å²) in [5.41, 5.74) is -0.662. The first kappa shape index (κ1) is 18.3. The molecule has 2 unspecified atom stereocenters. The summed E-state index contributed by atoms with van der Waals surface area (Å²) < 4.78 is 44.8. The monoisotopic (exact) mass is 363 g/mol. The maximum absolute atomic E-state index is 13.0. The van der Waals surface area contributed by atoms with E-state index in [2.05, 4.69) is 6.92 Å². The molecule has 1 saturated carbocycles. The molecule has 26 heavy (non-hydrogen) atoms. The van der Waals surface area contributed by atoms with Crippen LogP contribution in [0.5, 0.6) is 0 Å². The van der Waals surface area contributed by atoms with E-state index in [-0.39, 0.29) is 18.0 Å². The van der Waals surface area contributed by atoms with Crippen LogP contribution in [0.3, 0.4) is 0 Å². The third-order valence-corrected chi connectivity index (χ3v) is 4.62. The minimum Gasteiger partial charge on any atom is -0.461 e. The molecular formula is C20H20F3NO2. The maximum atomic E-state index is 13.0. The summed E-state index contributed by atoms with van der Waals surface area (Å²) >= 11 is 0.